The van der Waals surface area contributed by atoms with Gasteiger partial charge in [-0.2, -0.15) is 9.61 Å². The molecule has 296 valence electrons. The molecular formula is C34H45FN4O13P2. The van der Waals surface area contributed by atoms with Gasteiger partial charge in [-0.05, 0) is 72.7 Å². The Balaban J connectivity index is 1.74. The number of ether oxygens (including phenoxy) is 3. The van der Waals surface area contributed by atoms with E-state index in [1.54, 1.807) is 64.1 Å². The Labute approximate surface area is 311 Å². The molecule has 3 aromatic rings. The normalized spacial score (nSPS) is 23.2. The molecular weight excluding hydrogens is 753 g/mol. The number of carbonyl (C=O) groups excluding carboxylic acids is 2. The van der Waals surface area contributed by atoms with E-state index in [-0.39, 0.29) is 11.5 Å². The van der Waals surface area contributed by atoms with E-state index in [2.05, 4.69) is 10.2 Å². The number of aromatic nitrogens is 2. The fourth-order valence-electron chi connectivity index (χ4n) is 5.07. The summed E-state index contributed by atoms with van der Waals surface area (Å²) in [6.07, 6.45) is -3.86. The van der Waals surface area contributed by atoms with Crippen LogP contribution in [0.15, 0.2) is 82.5 Å². The lowest BCUT2D eigenvalue weighted by Gasteiger charge is -2.33. The van der Waals surface area contributed by atoms with Crippen LogP contribution in [0.2, 0.25) is 0 Å². The minimum absolute atomic E-state index is 0.0206. The highest BCUT2D eigenvalue weighted by molar-refractivity contribution is 7.57. The minimum Gasteiger partial charge on any atom is -0.608 e. The third-order valence-electron chi connectivity index (χ3n) is 7.62. The summed E-state index contributed by atoms with van der Waals surface area (Å²) in [6, 6.07) is 13.9. The van der Waals surface area contributed by atoms with Gasteiger partial charge in [0.1, 0.15) is 24.4 Å². The van der Waals surface area contributed by atoms with E-state index in [1.165, 1.54) is 38.1 Å². The number of H-pyrrole nitrogens is 1. The molecule has 0 radical (unpaired) electrons. The van der Waals surface area contributed by atoms with Gasteiger partial charge in [0.05, 0.1) is 18.1 Å². The lowest BCUT2D eigenvalue weighted by molar-refractivity contribution is -0.219. The van der Waals surface area contributed by atoms with Crippen molar-refractivity contribution < 1.29 is 55.7 Å². The molecule has 2 aromatic carbocycles. The number of halogens is 1. The van der Waals surface area contributed by atoms with Gasteiger partial charge in [-0.3, -0.25) is 28.5 Å². The number of aromatic amines is 1. The summed E-state index contributed by atoms with van der Waals surface area (Å²) < 4.78 is 72.0. The highest BCUT2D eigenvalue weighted by atomic mass is 31.2. The molecule has 54 heavy (non-hydrogen) atoms. The number of para-hydroxylation sites is 2. The number of benzene rings is 2. The summed E-state index contributed by atoms with van der Waals surface area (Å²) >= 11 is 0. The molecule has 3 N–H and O–H groups in total. The fraction of sp³-hybridized carbons (Fsp3) is 0.471. The third kappa shape index (κ3) is 11.5. The van der Waals surface area contributed by atoms with E-state index < -0.39 is 94.0 Å². The van der Waals surface area contributed by atoms with Crippen LogP contribution in [0.1, 0.15) is 54.7 Å². The first-order valence-corrected chi connectivity index (χ1v) is 20.0. The minimum atomic E-state index is -4.76. The Kier molecular flexibility index (Phi) is 14.3. The summed E-state index contributed by atoms with van der Waals surface area (Å²) in [6.45, 7) is 9.29. The Morgan fingerprint density at radius 1 is 0.944 bits per heavy atom. The zero-order valence-electron chi connectivity index (χ0n) is 30.7. The molecule has 0 aliphatic carbocycles. The van der Waals surface area contributed by atoms with E-state index >= 15 is 4.39 Å². The first-order valence-electron chi connectivity index (χ1n) is 17.0. The van der Waals surface area contributed by atoms with Crippen molar-refractivity contribution in [2.75, 3.05) is 6.61 Å². The molecule has 1 saturated heterocycles. The second-order valence-electron chi connectivity index (χ2n) is 13.0. The average Bonchev–Trinajstić information content (AvgIpc) is 3.31. The summed E-state index contributed by atoms with van der Waals surface area (Å²) in [4.78, 5) is 66.5. The van der Waals surface area contributed by atoms with Crippen molar-refractivity contribution in [3.8, 4) is 11.5 Å². The molecule has 1 aliphatic rings. The monoisotopic (exact) mass is 798 g/mol. The molecule has 2 unspecified atom stereocenters. The lowest BCUT2D eigenvalue weighted by atomic mass is 9.92. The van der Waals surface area contributed by atoms with E-state index in [0.29, 0.717) is 0 Å². The zero-order chi connectivity index (χ0) is 39.8. The second kappa shape index (κ2) is 18.1. The summed E-state index contributed by atoms with van der Waals surface area (Å²) in [5.74, 6) is -3.24. The molecule has 4 rings (SSSR count). The number of carbonyl (C=O) groups is 2. The largest absolute Gasteiger partial charge is 0.608 e. The molecule has 1 aliphatic heterocycles. The van der Waals surface area contributed by atoms with Crippen molar-refractivity contribution >= 4 is 27.8 Å². The third-order valence-corrected chi connectivity index (χ3v) is 10.9. The standard InChI is InChI=1S/C34H45FN4O13P2/c1-21(2)47-29(41)23(5)37-53(44,50-25-14-10-8-11-15-25)46-20-27-31(49-32(34(27,7)35)39-19-18-28(40)36-33(39)43)52-54(45,51-26-16-12-9-13-17-26)38-24(6)30(42)48-22(3)4/h8-19,21-24,27,31-32H,20H2,1-7H3,(H,37,44)(H,38,45)(H,36,40,43)/t23-,24+,27+,31+,32-,34-,53?,54?/m0/s1. The predicted octanol–water partition coefficient (Wildman–Crippen LogP) is 3.93. The van der Waals surface area contributed by atoms with Crippen LogP contribution in [0.4, 0.5) is 4.39 Å². The number of hydrogen-bond donors (Lipinski definition) is 3. The number of rotatable bonds is 18. The number of hydrogen-bond acceptors (Lipinski definition) is 14. The molecule has 0 saturated carbocycles. The van der Waals surface area contributed by atoms with Crippen LogP contribution in [0.25, 0.3) is 0 Å². The Hall–Kier alpha value is -3.99. The van der Waals surface area contributed by atoms with Crippen LogP contribution in [0.3, 0.4) is 0 Å². The predicted molar refractivity (Wildman–Crippen MR) is 192 cm³/mol. The van der Waals surface area contributed by atoms with Crippen molar-refractivity contribution in [2.45, 2.75) is 90.9 Å². The molecule has 1 aromatic heterocycles. The van der Waals surface area contributed by atoms with Gasteiger partial charge >= 0.3 is 33.5 Å². The molecule has 1 fully saturated rings. The molecule has 0 amide bonds. The van der Waals surface area contributed by atoms with Gasteiger partial charge < -0.3 is 28.2 Å². The Morgan fingerprint density at radius 2 is 1.50 bits per heavy atom. The number of alkyl halides is 1. The van der Waals surface area contributed by atoms with Crippen molar-refractivity contribution in [1.82, 2.24) is 19.7 Å². The van der Waals surface area contributed by atoms with Crippen LogP contribution >= 0.6 is 15.8 Å². The molecule has 20 heteroatoms. The van der Waals surface area contributed by atoms with E-state index in [4.69, 9.17) is 32.3 Å². The van der Waals surface area contributed by atoms with Crippen molar-refractivity contribution in [3.63, 3.8) is 0 Å². The van der Waals surface area contributed by atoms with Gasteiger partial charge in [-0.25, -0.2) is 13.8 Å². The van der Waals surface area contributed by atoms with Gasteiger partial charge in [0.25, 0.3) is 5.56 Å². The van der Waals surface area contributed by atoms with Crippen molar-refractivity contribution in [2.24, 2.45) is 5.92 Å². The molecule has 0 spiro atoms. The van der Waals surface area contributed by atoms with E-state index in [1.807, 2.05) is 4.98 Å². The van der Waals surface area contributed by atoms with Crippen LogP contribution in [0, 0.1) is 5.92 Å². The first kappa shape index (κ1) is 42.7. The van der Waals surface area contributed by atoms with Crippen LogP contribution in [0.5, 0.6) is 11.5 Å². The second-order valence-corrected chi connectivity index (χ2v) is 16.4. The first-order chi connectivity index (χ1) is 25.3. The topological polar surface area (TPSA) is 218 Å². The summed E-state index contributed by atoms with van der Waals surface area (Å²) in [7, 11) is -9.38. The van der Waals surface area contributed by atoms with Crippen molar-refractivity contribution in [3.05, 3.63) is 93.8 Å². The Morgan fingerprint density at radius 3 is 2.06 bits per heavy atom. The average molecular weight is 799 g/mol. The molecule has 17 nitrogen and oxygen atoms in total. The number of esters is 2. The quantitative estimate of drug-likeness (QED) is 0.123. The highest BCUT2D eigenvalue weighted by Gasteiger charge is 2.60. The van der Waals surface area contributed by atoms with Crippen molar-refractivity contribution in [1.29, 1.82) is 0 Å². The maximum absolute atomic E-state index is 17.2. The molecule has 2 heterocycles. The SMILES string of the molecule is CC(C)OC(=O)[C@H](C)N[P+]([O-])(OC[C@@H]1[C@@H](OP(=O)(N[C@H](C)C(=O)OC(C)C)Oc2ccccc2)O[C@H](n2ccc(=O)[nH]c2=O)[C@@]1(C)F)Oc1ccccc1. The van der Waals surface area contributed by atoms with E-state index in [9.17, 15) is 28.6 Å². The zero-order valence-corrected chi connectivity index (χ0v) is 32.5. The molecule has 0 bridgehead atoms. The summed E-state index contributed by atoms with van der Waals surface area (Å²) in [5, 5.41) is 4.99. The Bertz CT molecular complexity index is 1880. The molecule has 8 atom stereocenters. The van der Waals surface area contributed by atoms with Crippen LogP contribution in [-0.4, -0.2) is 64.3 Å². The van der Waals surface area contributed by atoms with Crippen LogP contribution in [-0.2, 0) is 37.4 Å². The maximum atomic E-state index is 17.2. The number of nitrogens with one attached hydrogen (secondary N) is 3. The van der Waals surface area contributed by atoms with Gasteiger partial charge in [0.15, 0.2) is 23.9 Å². The van der Waals surface area contributed by atoms with Gasteiger partial charge in [-0.1, -0.05) is 36.4 Å². The van der Waals surface area contributed by atoms with Gasteiger partial charge in [0, 0.05) is 12.3 Å². The highest BCUT2D eigenvalue weighted by Crippen LogP contribution is 2.56. The van der Waals surface area contributed by atoms with E-state index in [0.717, 1.165) is 23.8 Å². The van der Waals surface area contributed by atoms with Crippen LogP contribution < -0.4 is 35.4 Å². The van der Waals surface area contributed by atoms with Gasteiger partial charge in [0.2, 0.25) is 0 Å². The lowest BCUT2D eigenvalue weighted by Crippen LogP contribution is -2.45. The van der Waals surface area contributed by atoms with Gasteiger partial charge in [-0.15, -0.1) is 5.09 Å². The maximum Gasteiger partial charge on any atom is 0.461 e. The fourth-order valence-corrected chi connectivity index (χ4v) is 8.19. The number of nitrogens with zero attached hydrogens (tertiary/aromatic N) is 1. The smallest absolute Gasteiger partial charge is 0.461 e. The summed E-state index contributed by atoms with van der Waals surface area (Å²) in [5.41, 5.74) is -4.52.